The molecule has 1 atom stereocenters. The third kappa shape index (κ3) is 1.64. The third-order valence-electron chi connectivity index (χ3n) is 2.52. The van der Waals surface area contributed by atoms with E-state index in [0.717, 1.165) is 4.90 Å². The molecule has 1 aliphatic heterocycles. The van der Waals surface area contributed by atoms with E-state index < -0.39 is 17.5 Å². The highest BCUT2D eigenvalue weighted by atomic mass is 16.4. The van der Waals surface area contributed by atoms with Crippen molar-refractivity contribution < 1.29 is 19.8 Å². The van der Waals surface area contributed by atoms with Crippen LogP contribution in [0, 0.1) is 17.8 Å². The minimum absolute atomic E-state index is 0.0120. The zero-order chi connectivity index (χ0) is 10.8. The van der Waals surface area contributed by atoms with Gasteiger partial charge in [0, 0.05) is 19.5 Å². The number of aliphatic carboxylic acids is 1. The van der Waals surface area contributed by atoms with Crippen LogP contribution in [-0.4, -0.2) is 40.3 Å². The summed E-state index contributed by atoms with van der Waals surface area (Å²) in [5.74, 6) is 1.28. The number of terminal acetylenes is 1. The lowest BCUT2D eigenvalue weighted by molar-refractivity contribution is -0.147. The van der Waals surface area contributed by atoms with Gasteiger partial charge in [0.05, 0.1) is 5.41 Å². The number of hydrogen-bond acceptors (Lipinski definition) is 2. The molecule has 1 rings (SSSR count). The van der Waals surface area contributed by atoms with E-state index in [2.05, 4.69) is 5.92 Å². The Hall–Kier alpha value is -1.70. The first-order valence-corrected chi connectivity index (χ1v) is 4.16. The van der Waals surface area contributed by atoms with E-state index >= 15 is 0 Å². The third-order valence-corrected chi connectivity index (χ3v) is 2.52. The van der Waals surface area contributed by atoms with Crippen molar-refractivity contribution in [3.8, 4) is 12.3 Å². The topological polar surface area (TPSA) is 77.8 Å². The first-order valence-electron chi connectivity index (χ1n) is 4.16. The van der Waals surface area contributed by atoms with Crippen LogP contribution in [0.2, 0.25) is 0 Å². The normalized spacial score (nSPS) is 25.8. The van der Waals surface area contributed by atoms with E-state index in [1.54, 1.807) is 0 Å². The van der Waals surface area contributed by atoms with Crippen molar-refractivity contribution in [2.45, 2.75) is 12.8 Å². The Labute approximate surface area is 81.3 Å². The summed E-state index contributed by atoms with van der Waals surface area (Å²) < 4.78 is 0. The summed E-state index contributed by atoms with van der Waals surface area (Å²) in [6, 6.07) is 0. The standard InChI is InChI=1S/C9H11NO4/c1-2-3-9(7(11)12)4-5-10(6-9)8(13)14/h1H,3-6H2,(H,11,12)(H,13,14). The predicted molar refractivity (Wildman–Crippen MR) is 47.7 cm³/mol. The van der Waals surface area contributed by atoms with Crippen LogP contribution < -0.4 is 0 Å². The average Bonchev–Trinajstić information content (AvgIpc) is 2.50. The molecule has 1 aliphatic rings. The van der Waals surface area contributed by atoms with E-state index in [0.29, 0.717) is 6.42 Å². The number of carboxylic acids is 1. The zero-order valence-corrected chi connectivity index (χ0v) is 7.56. The molecule has 1 amide bonds. The van der Waals surface area contributed by atoms with Crippen molar-refractivity contribution in [1.29, 1.82) is 0 Å². The second kappa shape index (κ2) is 3.58. The monoisotopic (exact) mass is 197 g/mol. The summed E-state index contributed by atoms with van der Waals surface area (Å²) >= 11 is 0. The smallest absolute Gasteiger partial charge is 0.407 e. The predicted octanol–water partition coefficient (Wildman–Crippen LogP) is 0.464. The summed E-state index contributed by atoms with van der Waals surface area (Å²) in [6.07, 6.45) is 4.35. The molecule has 0 bridgehead atoms. The van der Waals surface area contributed by atoms with Crippen LogP contribution in [0.5, 0.6) is 0 Å². The van der Waals surface area contributed by atoms with Crippen molar-refractivity contribution in [3.63, 3.8) is 0 Å². The highest BCUT2D eigenvalue weighted by Gasteiger charge is 2.45. The number of likely N-dealkylation sites (tertiary alicyclic amines) is 1. The van der Waals surface area contributed by atoms with Crippen LogP contribution in [0.3, 0.4) is 0 Å². The Kier molecular flexibility index (Phi) is 2.65. The number of rotatable bonds is 2. The van der Waals surface area contributed by atoms with E-state index in [1.807, 2.05) is 0 Å². The Morgan fingerprint density at radius 2 is 2.14 bits per heavy atom. The van der Waals surface area contributed by atoms with Crippen LogP contribution >= 0.6 is 0 Å². The molecule has 2 N–H and O–H groups in total. The van der Waals surface area contributed by atoms with Crippen LogP contribution in [0.15, 0.2) is 0 Å². The van der Waals surface area contributed by atoms with Gasteiger partial charge in [-0.15, -0.1) is 12.3 Å². The van der Waals surface area contributed by atoms with Gasteiger partial charge in [-0.05, 0) is 6.42 Å². The molecule has 0 spiro atoms. The van der Waals surface area contributed by atoms with Crippen molar-refractivity contribution in [3.05, 3.63) is 0 Å². The summed E-state index contributed by atoms with van der Waals surface area (Å²) in [7, 11) is 0. The number of hydrogen-bond donors (Lipinski definition) is 2. The SMILES string of the molecule is C#CCC1(C(=O)O)CCN(C(=O)O)C1. The van der Waals surface area contributed by atoms with E-state index in [-0.39, 0.29) is 19.5 Å². The van der Waals surface area contributed by atoms with Crippen LogP contribution in [0.1, 0.15) is 12.8 Å². The Morgan fingerprint density at radius 1 is 1.50 bits per heavy atom. The van der Waals surface area contributed by atoms with Crippen LogP contribution in [0.25, 0.3) is 0 Å². The fourth-order valence-corrected chi connectivity index (χ4v) is 1.63. The molecule has 0 aromatic heterocycles. The molecule has 76 valence electrons. The molecule has 1 unspecified atom stereocenters. The van der Waals surface area contributed by atoms with Gasteiger partial charge in [-0.1, -0.05) is 0 Å². The molecule has 14 heavy (non-hydrogen) atoms. The van der Waals surface area contributed by atoms with E-state index in [9.17, 15) is 9.59 Å². The number of nitrogens with zero attached hydrogens (tertiary/aromatic N) is 1. The first-order chi connectivity index (χ1) is 6.52. The number of carbonyl (C=O) groups is 2. The minimum Gasteiger partial charge on any atom is -0.481 e. The molecular weight excluding hydrogens is 186 g/mol. The highest BCUT2D eigenvalue weighted by molar-refractivity contribution is 5.77. The second-order valence-electron chi connectivity index (χ2n) is 3.42. The highest BCUT2D eigenvalue weighted by Crippen LogP contribution is 2.33. The van der Waals surface area contributed by atoms with Gasteiger partial charge in [0.15, 0.2) is 0 Å². The van der Waals surface area contributed by atoms with Crippen molar-refractivity contribution in [1.82, 2.24) is 4.90 Å². The first kappa shape index (κ1) is 10.4. The fourth-order valence-electron chi connectivity index (χ4n) is 1.63. The summed E-state index contributed by atoms with van der Waals surface area (Å²) in [5, 5.41) is 17.7. The van der Waals surface area contributed by atoms with Crippen LogP contribution in [-0.2, 0) is 4.79 Å². The van der Waals surface area contributed by atoms with E-state index in [4.69, 9.17) is 16.6 Å². The summed E-state index contributed by atoms with van der Waals surface area (Å²) in [4.78, 5) is 22.7. The largest absolute Gasteiger partial charge is 0.481 e. The number of amides is 1. The molecule has 0 saturated carbocycles. The van der Waals surface area contributed by atoms with Crippen molar-refractivity contribution >= 4 is 12.1 Å². The molecule has 1 heterocycles. The zero-order valence-electron chi connectivity index (χ0n) is 7.56. The second-order valence-corrected chi connectivity index (χ2v) is 3.42. The maximum atomic E-state index is 11.0. The van der Waals surface area contributed by atoms with Gasteiger partial charge in [-0.2, -0.15) is 0 Å². The molecule has 1 fully saturated rings. The Bertz CT molecular complexity index is 306. The van der Waals surface area contributed by atoms with Gasteiger partial charge in [0.1, 0.15) is 0 Å². The average molecular weight is 197 g/mol. The molecule has 5 heteroatoms. The van der Waals surface area contributed by atoms with Gasteiger partial charge in [-0.3, -0.25) is 4.79 Å². The Balaban J connectivity index is 2.80. The van der Waals surface area contributed by atoms with Gasteiger partial charge >= 0.3 is 12.1 Å². The molecule has 5 nitrogen and oxygen atoms in total. The van der Waals surface area contributed by atoms with Crippen LogP contribution in [0.4, 0.5) is 4.79 Å². The minimum atomic E-state index is -1.09. The van der Waals surface area contributed by atoms with Gasteiger partial charge < -0.3 is 15.1 Å². The number of carboxylic acid groups (broad SMARTS) is 2. The molecule has 0 aromatic rings. The summed E-state index contributed by atoms with van der Waals surface area (Å²) in [6.45, 7) is 0.227. The molecule has 0 radical (unpaired) electrons. The van der Waals surface area contributed by atoms with Gasteiger partial charge in [0.2, 0.25) is 0 Å². The van der Waals surface area contributed by atoms with Gasteiger partial charge in [-0.25, -0.2) is 4.79 Å². The lowest BCUT2D eigenvalue weighted by Gasteiger charge is -2.20. The lowest BCUT2D eigenvalue weighted by Crippen LogP contribution is -2.36. The van der Waals surface area contributed by atoms with Crippen molar-refractivity contribution in [2.24, 2.45) is 5.41 Å². The summed E-state index contributed by atoms with van der Waals surface area (Å²) in [5.41, 5.74) is -1.08. The maximum absolute atomic E-state index is 11.0. The molecule has 1 saturated heterocycles. The van der Waals surface area contributed by atoms with Crippen molar-refractivity contribution in [2.75, 3.05) is 13.1 Å². The molecular formula is C9H11NO4. The lowest BCUT2D eigenvalue weighted by atomic mass is 9.84. The van der Waals surface area contributed by atoms with Gasteiger partial charge in [0.25, 0.3) is 0 Å². The maximum Gasteiger partial charge on any atom is 0.407 e. The fraction of sp³-hybridized carbons (Fsp3) is 0.556. The molecule has 0 aliphatic carbocycles. The quantitative estimate of drug-likeness (QED) is 0.630. The molecule has 0 aromatic carbocycles. The van der Waals surface area contributed by atoms with E-state index in [1.165, 1.54) is 0 Å². The Morgan fingerprint density at radius 3 is 2.50 bits per heavy atom.